The zero-order valence-electron chi connectivity index (χ0n) is 18.9. The number of hydrogen-bond donors (Lipinski definition) is 1. The first-order chi connectivity index (χ1) is 16.5. The van der Waals surface area contributed by atoms with Gasteiger partial charge in [-0.2, -0.15) is 0 Å². The summed E-state index contributed by atoms with van der Waals surface area (Å²) in [7, 11) is 0. The van der Waals surface area contributed by atoms with E-state index in [0.717, 1.165) is 37.2 Å². The van der Waals surface area contributed by atoms with Crippen LogP contribution in [-0.4, -0.2) is 35.8 Å². The fourth-order valence-corrected chi connectivity index (χ4v) is 13.0. The Kier molecular flexibility index (Phi) is 8.13. The summed E-state index contributed by atoms with van der Waals surface area (Å²) < 4.78 is 5.42. The third kappa shape index (κ3) is 5.10. The zero-order chi connectivity index (χ0) is 23.9. The third-order valence-electron chi connectivity index (χ3n) is 6.31. The van der Waals surface area contributed by atoms with Gasteiger partial charge >= 0.3 is 214 Å². The molecule has 4 rings (SSSR count). The summed E-state index contributed by atoms with van der Waals surface area (Å²) in [4.78, 5) is 23.4. The number of carbonyl (C=O) groups excluding carboxylic acids is 2. The number of rotatable bonds is 10. The summed E-state index contributed by atoms with van der Waals surface area (Å²) in [5.41, 5.74) is 0. The molecule has 0 unspecified atom stereocenters. The number of ether oxygens (including phenoxy) is 1. The van der Waals surface area contributed by atoms with Crippen molar-refractivity contribution in [3.8, 4) is 0 Å². The van der Waals surface area contributed by atoms with E-state index in [1.165, 1.54) is 15.9 Å². The van der Waals surface area contributed by atoms with Crippen LogP contribution in [-0.2, 0) is 9.53 Å². The Morgan fingerprint density at radius 1 is 0.853 bits per heavy atom. The van der Waals surface area contributed by atoms with Crippen molar-refractivity contribution in [3.63, 3.8) is 0 Å². The molecule has 3 aromatic rings. The fraction of sp³-hybridized carbons (Fsp3) is 0.259. The van der Waals surface area contributed by atoms with Crippen LogP contribution in [0.15, 0.2) is 91.0 Å². The van der Waals surface area contributed by atoms with Crippen LogP contribution in [0.3, 0.4) is 0 Å². The number of nitrogens with one attached hydrogen (secondary N) is 1. The van der Waals surface area contributed by atoms with E-state index in [-0.39, 0.29) is 11.2 Å². The van der Waals surface area contributed by atoms with Crippen molar-refractivity contribution in [2.24, 2.45) is 0 Å². The van der Waals surface area contributed by atoms with Crippen LogP contribution in [0.2, 0.25) is 0 Å². The van der Waals surface area contributed by atoms with Crippen LogP contribution in [0.4, 0.5) is 4.79 Å². The number of amides is 1. The molecule has 0 radical (unpaired) electrons. The Bertz CT molecular complexity index is 1020. The summed E-state index contributed by atoms with van der Waals surface area (Å²) in [6.07, 6.45) is 3.68. The SMILES string of the molecule is O=C1N[C@H](C(=O)OCCCCCP(Br)(c2ccccc2)(c2ccccc2)c2ccccc2)CS1. The molecule has 0 saturated carbocycles. The molecule has 1 aliphatic heterocycles. The number of benzene rings is 3. The van der Waals surface area contributed by atoms with E-state index in [1.54, 1.807) is 0 Å². The van der Waals surface area contributed by atoms with Gasteiger partial charge in [0.1, 0.15) is 0 Å². The molecule has 1 saturated heterocycles. The number of unbranched alkanes of at least 4 members (excludes halogenated alkanes) is 2. The molecule has 34 heavy (non-hydrogen) atoms. The molecular formula is C27H29BrNO3PS. The fourth-order valence-electron chi connectivity index (χ4n) is 4.52. The molecule has 178 valence electrons. The predicted octanol–water partition coefficient (Wildman–Crippen LogP) is 5.36. The maximum absolute atomic E-state index is 12.1. The Hall–Kier alpha value is -2.14. The number of carbonyl (C=O) groups is 2. The molecule has 1 atom stereocenters. The van der Waals surface area contributed by atoms with Crippen molar-refractivity contribution in [3.05, 3.63) is 91.0 Å². The van der Waals surface area contributed by atoms with Crippen LogP contribution < -0.4 is 21.2 Å². The summed E-state index contributed by atoms with van der Waals surface area (Å²) in [5.74, 6) is 0.109. The van der Waals surface area contributed by atoms with Crippen molar-refractivity contribution in [2.45, 2.75) is 25.3 Å². The zero-order valence-corrected chi connectivity index (χ0v) is 22.2. The molecule has 1 N–H and O–H groups in total. The Labute approximate surface area is 213 Å². The molecule has 0 bridgehead atoms. The van der Waals surface area contributed by atoms with Gasteiger partial charge in [-0.15, -0.1) is 0 Å². The molecule has 0 aromatic heterocycles. The molecule has 7 heteroatoms. The minimum absolute atomic E-state index is 0.159. The standard InChI is InChI=1S/C27H29BrNO3PS/c28-33(22-13-5-1-6-14-22,23-15-7-2-8-16-23,24-17-9-3-10-18-24)20-12-4-11-19-32-26(30)25-21-34-27(31)29-25/h1-3,5-10,13-18,25H,4,11-12,19-21H2,(H,29,31)/t25-/m0/s1. The van der Waals surface area contributed by atoms with Gasteiger partial charge in [0.05, 0.1) is 0 Å². The Morgan fingerprint density at radius 3 is 1.79 bits per heavy atom. The van der Waals surface area contributed by atoms with Gasteiger partial charge in [0.2, 0.25) is 0 Å². The van der Waals surface area contributed by atoms with Gasteiger partial charge in [0.25, 0.3) is 0 Å². The van der Waals surface area contributed by atoms with Gasteiger partial charge < -0.3 is 0 Å². The molecule has 1 aliphatic rings. The summed E-state index contributed by atoms with van der Waals surface area (Å²) in [6, 6.07) is 31.8. The van der Waals surface area contributed by atoms with Gasteiger partial charge in [-0.1, -0.05) is 0 Å². The van der Waals surface area contributed by atoms with Crippen molar-refractivity contribution in [1.82, 2.24) is 5.32 Å². The number of thioether (sulfide) groups is 1. The van der Waals surface area contributed by atoms with Crippen molar-refractivity contribution >= 4 is 59.7 Å². The van der Waals surface area contributed by atoms with E-state index < -0.39 is 11.3 Å². The average Bonchev–Trinajstić information content (AvgIpc) is 3.34. The van der Waals surface area contributed by atoms with Gasteiger partial charge in [-0.05, 0) is 0 Å². The molecular weight excluding hydrogens is 529 g/mol. The topological polar surface area (TPSA) is 55.4 Å². The predicted molar refractivity (Wildman–Crippen MR) is 149 cm³/mol. The first-order valence-electron chi connectivity index (χ1n) is 11.5. The van der Waals surface area contributed by atoms with E-state index in [2.05, 4.69) is 112 Å². The average molecular weight is 558 g/mol. The molecule has 4 nitrogen and oxygen atoms in total. The summed E-state index contributed by atoms with van der Waals surface area (Å²) in [5, 5.41) is 3.52. The molecule has 0 aliphatic carbocycles. The summed E-state index contributed by atoms with van der Waals surface area (Å²) >= 11 is 5.59. The Balaban J connectivity index is 1.52. The number of hydrogen-bond acceptors (Lipinski definition) is 4. The van der Waals surface area contributed by atoms with Crippen LogP contribution >= 0.6 is 32.6 Å². The first kappa shape index (κ1) is 25.0. The third-order valence-corrected chi connectivity index (χ3v) is 17.2. The molecule has 1 amide bonds. The second-order valence-corrected chi connectivity index (χ2v) is 18.5. The van der Waals surface area contributed by atoms with Crippen LogP contribution in [0.1, 0.15) is 19.3 Å². The van der Waals surface area contributed by atoms with Crippen molar-refractivity contribution < 1.29 is 14.3 Å². The number of halogens is 1. The molecule has 1 heterocycles. The summed E-state index contributed by atoms with van der Waals surface area (Å²) in [6.45, 7) is 0.371. The van der Waals surface area contributed by atoms with Gasteiger partial charge in [0.15, 0.2) is 0 Å². The van der Waals surface area contributed by atoms with Crippen LogP contribution in [0.5, 0.6) is 0 Å². The van der Waals surface area contributed by atoms with Crippen LogP contribution in [0.25, 0.3) is 0 Å². The maximum atomic E-state index is 12.1. The monoisotopic (exact) mass is 557 g/mol. The molecule has 0 spiro atoms. The molecule has 3 aromatic carbocycles. The van der Waals surface area contributed by atoms with Gasteiger partial charge in [0, 0.05) is 0 Å². The normalized spacial score (nSPS) is 16.9. The van der Waals surface area contributed by atoms with Crippen molar-refractivity contribution in [2.75, 3.05) is 18.5 Å². The minimum atomic E-state index is -2.89. The van der Waals surface area contributed by atoms with E-state index in [1.807, 2.05) is 0 Å². The van der Waals surface area contributed by atoms with Crippen LogP contribution in [0, 0.1) is 0 Å². The van der Waals surface area contributed by atoms with Gasteiger partial charge in [-0.3, -0.25) is 0 Å². The van der Waals surface area contributed by atoms with Gasteiger partial charge in [-0.25, -0.2) is 0 Å². The number of esters is 1. The van der Waals surface area contributed by atoms with E-state index in [4.69, 9.17) is 4.74 Å². The van der Waals surface area contributed by atoms with E-state index in [0.29, 0.717) is 12.4 Å². The quantitative estimate of drug-likeness (QED) is 0.207. The molecule has 1 fully saturated rings. The van der Waals surface area contributed by atoms with E-state index in [9.17, 15) is 9.59 Å². The Morgan fingerprint density at radius 2 is 1.35 bits per heavy atom. The van der Waals surface area contributed by atoms with E-state index >= 15 is 0 Å². The van der Waals surface area contributed by atoms with Crippen molar-refractivity contribution in [1.29, 1.82) is 0 Å². The second kappa shape index (κ2) is 11.1. The second-order valence-electron chi connectivity index (χ2n) is 8.44. The first-order valence-corrected chi connectivity index (χ1v) is 16.9.